The van der Waals surface area contributed by atoms with Crippen molar-refractivity contribution in [2.45, 2.75) is 70.8 Å². The maximum absolute atomic E-state index is 2.60. The van der Waals surface area contributed by atoms with E-state index in [1.165, 1.54) is 38.5 Å². The molecule has 23 heavy (non-hydrogen) atoms. The first-order valence-electron chi connectivity index (χ1n) is 9.34. The number of halogens is 1. The molecule has 2 heteroatoms. The number of alkyl halides is 1. The zero-order valence-electron chi connectivity index (χ0n) is 15.2. The summed E-state index contributed by atoms with van der Waals surface area (Å²) in [6.07, 6.45) is 8.08. The van der Waals surface area contributed by atoms with Crippen LogP contribution < -0.4 is 0 Å². The van der Waals surface area contributed by atoms with Gasteiger partial charge >= 0.3 is 0 Å². The Morgan fingerprint density at radius 3 is 2.78 bits per heavy atom. The topological polar surface area (TPSA) is 3.24 Å². The van der Waals surface area contributed by atoms with E-state index in [2.05, 4.69) is 73.5 Å². The number of likely N-dealkylation sites (N-methyl/N-ethyl adjacent to an activating group) is 1. The molecule has 0 heterocycles. The van der Waals surface area contributed by atoms with E-state index in [-0.39, 0.29) is 0 Å². The van der Waals surface area contributed by atoms with Crippen LogP contribution in [0.4, 0.5) is 0 Å². The van der Waals surface area contributed by atoms with Crippen molar-refractivity contribution in [3.63, 3.8) is 0 Å². The molecule has 2 aliphatic rings. The molecule has 128 valence electrons. The summed E-state index contributed by atoms with van der Waals surface area (Å²) in [6.45, 7) is 7.23. The zero-order valence-corrected chi connectivity index (χ0v) is 17.4. The summed E-state index contributed by atoms with van der Waals surface area (Å²) in [6, 6.07) is 8.15. The van der Waals surface area contributed by atoms with E-state index in [9.17, 15) is 0 Å². The Bertz CT molecular complexity index is 553. The van der Waals surface area contributed by atoms with Crippen LogP contribution in [0.2, 0.25) is 0 Å². The molecule has 2 aliphatic carbocycles. The third-order valence-corrected chi connectivity index (χ3v) is 7.44. The molecule has 1 fully saturated rings. The highest BCUT2D eigenvalue weighted by molar-refractivity contribution is 14.1. The van der Waals surface area contributed by atoms with Crippen LogP contribution in [0, 0.1) is 11.8 Å². The summed E-state index contributed by atoms with van der Waals surface area (Å²) in [4.78, 5) is 2.60. The second-order valence-corrected chi connectivity index (χ2v) is 9.19. The highest BCUT2D eigenvalue weighted by atomic mass is 127. The first-order valence-corrected chi connectivity index (χ1v) is 10.9. The molecular formula is C21H32IN. The smallest absolute Gasteiger partial charge is 0.0505 e. The molecular weight excluding hydrogens is 393 g/mol. The molecule has 0 aliphatic heterocycles. The average Bonchev–Trinajstić information content (AvgIpc) is 2.53. The molecule has 0 spiro atoms. The van der Waals surface area contributed by atoms with Gasteiger partial charge in [-0.25, -0.2) is 0 Å². The molecule has 1 aromatic rings. The van der Waals surface area contributed by atoms with Crippen molar-refractivity contribution in [1.29, 1.82) is 0 Å². The molecule has 1 saturated carbocycles. The van der Waals surface area contributed by atoms with Crippen LogP contribution in [0.5, 0.6) is 0 Å². The molecule has 3 rings (SSSR count). The van der Waals surface area contributed by atoms with Gasteiger partial charge in [-0.15, -0.1) is 0 Å². The molecule has 0 unspecified atom stereocenters. The Labute approximate surface area is 156 Å². The van der Waals surface area contributed by atoms with E-state index in [0.29, 0.717) is 5.41 Å². The van der Waals surface area contributed by atoms with Crippen LogP contribution in [0.25, 0.3) is 0 Å². The van der Waals surface area contributed by atoms with Crippen molar-refractivity contribution in [1.82, 2.24) is 4.90 Å². The van der Waals surface area contributed by atoms with Gasteiger partial charge in [0.1, 0.15) is 0 Å². The summed E-state index contributed by atoms with van der Waals surface area (Å²) in [7, 11) is 2.32. The fourth-order valence-corrected chi connectivity index (χ4v) is 5.67. The van der Waals surface area contributed by atoms with E-state index in [1.54, 1.807) is 16.7 Å². The largest absolute Gasteiger partial charge is 0.294 e. The van der Waals surface area contributed by atoms with Crippen molar-refractivity contribution < 1.29 is 0 Å². The minimum atomic E-state index is 0.392. The van der Waals surface area contributed by atoms with Gasteiger partial charge in [-0.1, -0.05) is 74.4 Å². The Hall–Kier alpha value is -0.0900. The Morgan fingerprint density at radius 2 is 2.09 bits per heavy atom. The maximum Gasteiger partial charge on any atom is 0.0505 e. The van der Waals surface area contributed by atoms with Crippen molar-refractivity contribution in [3.05, 3.63) is 34.9 Å². The summed E-state index contributed by atoms with van der Waals surface area (Å²) >= 11 is 2.53. The standard InChI is InChI=1S/C21H32IN/c1-15(2)11-16-8-9-17-13-20(23(4)14-22)18-7-5-6-10-21(18,3)19(17)12-16/h8-9,12,15,18,20H,5-7,10-11,13-14H2,1-4H3/t18-,20+,21-/m1/s1. The van der Waals surface area contributed by atoms with Crippen LogP contribution in [-0.2, 0) is 18.3 Å². The van der Waals surface area contributed by atoms with Gasteiger partial charge < -0.3 is 0 Å². The number of hydrogen-bond acceptors (Lipinski definition) is 1. The third kappa shape index (κ3) is 3.35. The highest BCUT2D eigenvalue weighted by Crippen LogP contribution is 2.51. The number of rotatable bonds is 4. The van der Waals surface area contributed by atoms with Crippen molar-refractivity contribution in [3.8, 4) is 0 Å². The quantitative estimate of drug-likeness (QED) is 0.346. The molecule has 1 aromatic carbocycles. The molecule has 1 nitrogen and oxygen atoms in total. The van der Waals surface area contributed by atoms with Gasteiger partial charge in [0.15, 0.2) is 0 Å². The van der Waals surface area contributed by atoms with E-state index < -0.39 is 0 Å². The molecule has 0 saturated heterocycles. The van der Waals surface area contributed by atoms with E-state index in [4.69, 9.17) is 0 Å². The fourth-order valence-electron chi connectivity index (χ4n) is 5.16. The van der Waals surface area contributed by atoms with Crippen molar-refractivity contribution in [2.75, 3.05) is 11.6 Å². The van der Waals surface area contributed by atoms with E-state index >= 15 is 0 Å². The lowest BCUT2D eigenvalue weighted by Crippen LogP contribution is -2.53. The molecule has 0 aromatic heterocycles. The lowest BCUT2D eigenvalue weighted by molar-refractivity contribution is 0.0807. The Balaban J connectivity index is 2.02. The monoisotopic (exact) mass is 425 g/mol. The van der Waals surface area contributed by atoms with E-state index in [1.807, 2.05) is 0 Å². The van der Waals surface area contributed by atoms with Gasteiger partial charge in [-0.05, 0) is 66.7 Å². The number of benzene rings is 1. The summed E-state index contributed by atoms with van der Waals surface area (Å²) < 4.78 is 1.13. The SMILES string of the molecule is CC(C)Cc1ccc2c(c1)[C@]1(C)CCCC[C@@H]1[C@@H](N(C)CI)C2. The predicted molar refractivity (Wildman–Crippen MR) is 108 cm³/mol. The minimum absolute atomic E-state index is 0.392. The second kappa shape index (κ2) is 7.03. The van der Waals surface area contributed by atoms with Gasteiger partial charge in [0.2, 0.25) is 0 Å². The minimum Gasteiger partial charge on any atom is -0.294 e. The van der Waals surface area contributed by atoms with Gasteiger partial charge in [0.05, 0.1) is 4.55 Å². The Morgan fingerprint density at radius 1 is 1.30 bits per heavy atom. The number of fused-ring (bicyclic) bond motifs is 3. The predicted octanol–water partition coefficient (Wildman–Crippen LogP) is 5.58. The maximum atomic E-state index is 2.60. The van der Waals surface area contributed by atoms with Gasteiger partial charge in [-0.3, -0.25) is 4.90 Å². The lowest BCUT2D eigenvalue weighted by atomic mass is 9.56. The number of nitrogens with zero attached hydrogens (tertiary/aromatic N) is 1. The average molecular weight is 425 g/mol. The lowest BCUT2D eigenvalue weighted by Gasteiger charge is -2.52. The molecule has 0 amide bonds. The molecule has 0 radical (unpaired) electrons. The first kappa shape index (κ1) is 17.7. The fraction of sp³-hybridized carbons (Fsp3) is 0.714. The molecule has 0 N–H and O–H groups in total. The summed E-state index contributed by atoms with van der Waals surface area (Å²) in [5.74, 6) is 1.57. The third-order valence-electron chi connectivity index (χ3n) is 6.36. The Kier molecular flexibility index (Phi) is 5.42. The van der Waals surface area contributed by atoms with Crippen LogP contribution in [0.1, 0.15) is 63.1 Å². The van der Waals surface area contributed by atoms with Crippen LogP contribution in [0.3, 0.4) is 0 Å². The van der Waals surface area contributed by atoms with Crippen LogP contribution in [-0.4, -0.2) is 22.5 Å². The zero-order chi connectivity index (χ0) is 16.6. The normalized spacial score (nSPS) is 30.4. The van der Waals surface area contributed by atoms with Gasteiger partial charge in [0, 0.05) is 6.04 Å². The van der Waals surface area contributed by atoms with Crippen molar-refractivity contribution >= 4 is 22.6 Å². The van der Waals surface area contributed by atoms with E-state index in [0.717, 1.165) is 22.4 Å². The van der Waals surface area contributed by atoms with Gasteiger partial charge in [0.25, 0.3) is 0 Å². The molecule has 3 atom stereocenters. The van der Waals surface area contributed by atoms with Crippen LogP contribution >= 0.6 is 22.6 Å². The van der Waals surface area contributed by atoms with Crippen molar-refractivity contribution in [2.24, 2.45) is 11.8 Å². The highest BCUT2D eigenvalue weighted by Gasteiger charge is 2.47. The first-order chi connectivity index (χ1) is 11.0. The number of hydrogen-bond donors (Lipinski definition) is 0. The summed E-state index contributed by atoms with van der Waals surface area (Å²) in [5, 5.41) is 0. The van der Waals surface area contributed by atoms with Crippen LogP contribution in [0.15, 0.2) is 18.2 Å². The summed E-state index contributed by atoms with van der Waals surface area (Å²) in [5.41, 5.74) is 5.26. The van der Waals surface area contributed by atoms with Gasteiger partial charge in [-0.2, -0.15) is 0 Å². The second-order valence-electron chi connectivity index (χ2n) is 8.51. The molecule has 0 bridgehead atoms.